The molecule has 2 nitrogen and oxygen atoms in total. The molecule has 1 heterocycles. The van der Waals surface area contributed by atoms with Gasteiger partial charge in [-0.25, -0.2) is 8.78 Å². The van der Waals surface area contributed by atoms with Crippen molar-refractivity contribution in [3.8, 4) is 0 Å². The Morgan fingerprint density at radius 2 is 2.30 bits per heavy atom. The molecule has 0 amide bonds. The number of alkyl halides is 2. The standard InChI is InChI=1S/C5H5F2NOS/c6-5(7)4(9)3-1-8-2-10-3/h1-2,4-5,9H. The lowest BCUT2D eigenvalue weighted by molar-refractivity contribution is -0.00381. The molecule has 0 saturated carbocycles. The van der Waals surface area contributed by atoms with Crippen LogP contribution in [0.3, 0.4) is 0 Å². The minimum absolute atomic E-state index is 0.204. The molecule has 0 fully saturated rings. The Balaban J connectivity index is 2.68. The van der Waals surface area contributed by atoms with Gasteiger partial charge in [-0.3, -0.25) is 4.98 Å². The van der Waals surface area contributed by atoms with Crippen LogP contribution in [0.1, 0.15) is 11.0 Å². The van der Waals surface area contributed by atoms with Crippen molar-refractivity contribution in [2.75, 3.05) is 0 Å². The molecule has 0 aliphatic heterocycles. The normalized spacial score (nSPS) is 14.0. The topological polar surface area (TPSA) is 33.1 Å². The van der Waals surface area contributed by atoms with Crippen molar-refractivity contribution in [2.45, 2.75) is 12.5 Å². The molecule has 0 aliphatic carbocycles. The second-order valence-electron chi connectivity index (χ2n) is 1.68. The zero-order valence-electron chi connectivity index (χ0n) is 4.87. The van der Waals surface area contributed by atoms with E-state index in [0.29, 0.717) is 0 Å². The second-order valence-corrected chi connectivity index (χ2v) is 2.60. The van der Waals surface area contributed by atoms with Crippen LogP contribution in [0.5, 0.6) is 0 Å². The fourth-order valence-electron chi connectivity index (χ4n) is 0.496. The van der Waals surface area contributed by atoms with Gasteiger partial charge in [0.15, 0.2) is 6.10 Å². The Hall–Kier alpha value is -0.550. The third-order valence-electron chi connectivity index (χ3n) is 0.982. The molecule has 56 valence electrons. The van der Waals surface area contributed by atoms with Crippen molar-refractivity contribution in [1.29, 1.82) is 0 Å². The van der Waals surface area contributed by atoms with Crippen molar-refractivity contribution >= 4 is 11.3 Å². The average Bonchev–Trinajstić information content (AvgIpc) is 2.36. The number of thiazole rings is 1. The molecule has 5 heteroatoms. The van der Waals surface area contributed by atoms with E-state index in [-0.39, 0.29) is 4.88 Å². The van der Waals surface area contributed by atoms with Gasteiger partial charge in [0.05, 0.1) is 10.4 Å². The Morgan fingerprint density at radius 1 is 1.60 bits per heavy atom. The van der Waals surface area contributed by atoms with Crippen LogP contribution in [0.2, 0.25) is 0 Å². The van der Waals surface area contributed by atoms with Gasteiger partial charge in [0, 0.05) is 6.20 Å². The van der Waals surface area contributed by atoms with Gasteiger partial charge < -0.3 is 5.11 Å². The zero-order chi connectivity index (χ0) is 7.56. The molecule has 1 aromatic heterocycles. The van der Waals surface area contributed by atoms with E-state index in [1.807, 2.05) is 0 Å². The third kappa shape index (κ3) is 1.48. The predicted octanol–water partition coefficient (Wildman–Crippen LogP) is 1.44. The van der Waals surface area contributed by atoms with Crippen LogP contribution in [-0.4, -0.2) is 16.5 Å². The summed E-state index contributed by atoms with van der Waals surface area (Å²) in [5, 5.41) is 8.71. The van der Waals surface area contributed by atoms with Crippen molar-refractivity contribution in [3.63, 3.8) is 0 Å². The van der Waals surface area contributed by atoms with Gasteiger partial charge in [-0.15, -0.1) is 11.3 Å². The first kappa shape index (κ1) is 7.56. The first-order valence-electron chi connectivity index (χ1n) is 2.56. The number of aliphatic hydroxyl groups is 1. The van der Waals surface area contributed by atoms with E-state index in [9.17, 15) is 8.78 Å². The molecule has 0 radical (unpaired) electrons. The van der Waals surface area contributed by atoms with Gasteiger partial charge in [0.25, 0.3) is 6.43 Å². The highest BCUT2D eigenvalue weighted by atomic mass is 32.1. The maximum absolute atomic E-state index is 11.7. The zero-order valence-corrected chi connectivity index (χ0v) is 5.68. The molecule has 0 bridgehead atoms. The summed E-state index contributed by atoms with van der Waals surface area (Å²) >= 11 is 1.02. The maximum Gasteiger partial charge on any atom is 0.269 e. The van der Waals surface area contributed by atoms with Crippen LogP contribution in [0.4, 0.5) is 8.78 Å². The average molecular weight is 165 g/mol. The Bertz CT molecular complexity index is 190. The van der Waals surface area contributed by atoms with E-state index < -0.39 is 12.5 Å². The van der Waals surface area contributed by atoms with Crippen molar-refractivity contribution in [3.05, 3.63) is 16.6 Å². The number of nitrogens with zero attached hydrogens (tertiary/aromatic N) is 1. The quantitative estimate of drug-likeness (QED) is 0.719. The van der Waals surface area contributed by atoms with Gasteiger partial charge in [-0.1, -0.05) is 0 Å². The lowest BCUT2D eigenvalue weighted by Gasteiger charge is -2.03. The highest BCUT2D eigenvalue weighted by Crippen LogP contribution is 2.22. The van der Waals surface area contributed by atoms with Crippen LogP contribution >= 0.6 is 11.3 Å². The molecule has 10 heavy (non-hydrogen) atoms. The molecule has 0 spiro atoms. The predicted molar refractivity (Wildman–Crippen MR) is 33.1 cm³/mol. The summed E-state index contributed by atoms with van der Waals surface area (Å²) in [4.78, 5) is 3.75. The summed E-state index contributed by atoms with van der Waals surface area (Å²) in [6.45, 7) is 0. The van der Waals surface area contributed by atoms with Crippen LogP contribution in [0.15, 0.2) is 11.7 Å². The Kier molecular flexibility index (Phi) is 2.29. The lowest BCUT2D eigenvalue weighted by atomic mass is 10.3. The summed E-state index contributed by atoms with van der Waals surface area (Å²) in [7, 11) is 0. The fourth-order valence-corrected chi connectivity index (χ4v) is 1.10. The minimum atomic E-state index is -2.72. The number of hydrogen-bond acceptors (Lipinski definition) is 3. The Labute approximate surface area is 60.1 Å². The van der Waals surface area contributed by atoms with E-state index in [1.54, 1.807) is 0 Å². The number of hydrogen-bond donors (Lipinski definition) is 1. The summed E-state index contributed by atoms with van der Waals surface area (Å²) in [5.74, 6) is 0. The maximum atomic E-state index is 11.7. The van der Waals surface area contributed by atoms with E-state index in [2.05, 4.69) is 4.98 Å². The second kappa shape index (κ2) is 3.03. The lowest BCUT2D eigenvalue weighted by Crippen LogP contribution is -2.05. The largest absolute Gasteiger partial charge is 0.382 e. The summed E-state index contributed by atoms with van der Waals surface area (Å²) in [5.41, 5.74) is 1.40. The van der Waals surface area contributed by atoms with Gasteiger partial charge in [0.1, 0.15) is 0 Å². The Morgan fingerprint density at radius 3 is 2.70 bits per heavy atom. The van der Waals surface area contributed by atoms with Crippen molar-refractivity contribution in [2.24, 2.45) is 0 Å². The van der Waals surface area contributed by atoms with E-state index in [1.165, 1.54) is 11.7 Å². The van der Waals surface area contributed by atoms with Crippen LogP contribution < -0.4 is 0 Å². The molecule has 1 N–H and O–H groups in total. The molecule has 1 aromatic rings. The minimum Gasteiger partial charge on any atom is -0.382 e. The monoisotopic (exact) mass is 165 g/mol. The number of aliphatic hydroxyl groups excluding tert-OH is 1. The SMILES string of the molecule is OC(c1cncs1)C(F)F. The molecule has 1 rings (SSSR count). The van der Waals surface area contributed by atoms with E-state index in [0.717, 1.165) is 11.3 Å². The molecule has 0 saturated heterocycles. The third-order valence-corrected chi connectivity index (χ3v) is 1.83. The highest BCUT2D eigenvalue weighted by Gasteiger charge is 2.19. The molecular weight excluding hydrogens is 160 g/mol. The molecule has 1 atom stereocenters. The van der Waals surface area contributed by atoms with E-state index in [4.69, 9.17) is 5.11 Å². The summed E-state index contributed by atoms with van der Waals surface area (Å²) in [6, 6.07) is 0. The van der Waals surface area contributed by atoms with E-state index >= 15 is 0 Å². The molecular formula is C5H5F2NOS. The van der Waals surface area contributed by atoms with Crippen molar-refractivity contribution in [1.82, 2.24) is 4.98 Å². The first-order chi connectivity index (χ1) is 4.72. The van der Waals surface area contributed by atoms with Crippen molar-refractivity contribution < 1.29 is 13.9 Å². The molecule has 0 aromatic carbocycles. The van der Waals surface area contributed by atoms with Gasteiger partial charge in [0.2, 0.25) is 0 Å². The highest BCUT2D eigenvalue weighted by molar-refractivity contribution is 7.09. The number of aromatic nitrogens is 1. The van der Waals surface area contributed by atoms with Crippen LogP contribution in [-0.2, 0) is 0 Å². The summed E-state index contributed by atoms with van der Waals surface area (Å²) < 4.78 is 23.4. The summed E-state index contributed by atoms with van der Waals surface area (Å²) in [6.07, 6.45) is -3.16. The van der Waals surface area contributed by atoms with Gasteiger partial charge in [-0.2, -0.15) is 0 Å². The van der Waals surface area contributed by atoms with Gasteiger partial charge in [-0.05, 0) is 0 Å². The van der Waals surface area contributed by atoms with Crippen LogP contribution in [0, 0.1) is 0 Å². The molecule has 1 unspecified atom stereocenters. The van der Waals surface area contributed by atoms with Crippen LogP contribution in [0.25, 0.3) is 0 Å². The number of rotatable bonds is 2. The fraction of sp³-hybridized carbons (Fsp3) is 0.400. The smallest absolute Gasteiger partial charge is 0.269 e. The molecule has 0 aliphatic rings. The number of halogens is 2. The first-order valence-corrected chi connectivity index (χ1v) is 3.44. The van der Waals surface area contributed by atoms with Gasteiger partial charge >= 0.3 is 0 Å².